The van der Waals surface area contributed by atoms with Crippen LogP contribution in [0.4, 0.5) is 0 Å². The Labute approximate surface area is 87.8 Å². The van der Waals surface area contributed by atoms with Crippen LogP contribution in [0.1, 0.15) is 12.8 Å². The maximum atomic E-state index is 10.1. The van der Waals surface area contributed by atoms with Gasteiger partial charge in [0, 0.05) is 6.61 Å². The number of ether oxygens (including phenoxy) is 1. The summed E-state index contributed by atoms with van der Waals surface area (Å²) in [6, 6.07) is 0. The SMILES string of the molecule is O=C(O)C1CCCO1.[Cl][V]([Cl])[Cl]. The van der Waals surface area contributed by atoms with Crippen LogP contribution in [0.5, 0.6) is 0 Å². The van der Waals surface area contributed by atoms with Gasteiger partial charge in [-0.15, -0.1) is 0 Å². The predicted octanol–water partition coefficient (Wildman–Crippen LogP) is 2.32. The second-order valence-corrected chi connectivity index (χ2v) is 8.95. The van der Waals surface area contributed by atoms with Gasteiger partial charge in [0.05, 0.1) is 0 Å². The monoisotopic (exact) mass is 272 g/mol. The van der Waals surface area contributed by atoms with Gasteiger partial charge in [0.2, 0.25) is 0 Å². The molecule has 0 aliphatic carbocycles. The molecular weight excluding hydrogens is 265 g/mol. The summed E-state index contributed by atoms with van der Waals surface area (Å²) in [5, 5.41) is 8.29. The van der Waals surface area contributed by atoms with Gasteiger partial charge in [0.25, 0.3) is 0 Å². The zero-order chi connectivity index (χ0) is 9.56. The first kappa shape index (κ1) is 12.9. The quantitative estimate of drug-likeness (QED) is 0.797. The third-order valence-electron chi connectivity index (χ3n) is 1.21. The summed E-state index contributed by atoms with van der Waals surface area (Å²) < 4.78 is 4.81. The van der Waals surface area contributed by atoms with Gasteiger partial charge in [-0.25, -0.2) is 4.79 Å². The summed E-state index contributed by atoms with van der Waals surface area (Å²) in [5.41, 5.74) is 0. The fourth-order valence-electron chi connectivity index (χ4n) is 0.772. The summed E-state index contributed by atoms with van der Waals surface area (Å²) in [6.45, 7) is 0.608. The molecule has 1 saturated heterocycles. The molecule has 12 heavy (non-hydrogen) atoms. The fourth-order valence-corrected chi connectivity index (χ4v) is 0.772. The van der Waals surface area contributed by atoms with Crippen LogP contribution in [0.3, 0.4) is 0 Å². The Morgan fingerprint density at radius 1 is 1.50 bits per heavy atom. The summed E-state index contributed by atoms with van der Waals surface area (Å²) in [4.78, 5) is 10.1. The topological polar surface area (TPSA) is 46.5 Å². The number of carboxylic acids is 1. The van der Waals surface area contributed by atoms with Crippen molar-refractivity contribution in [3.05, 3.63) is 0 Å². The first-order valence-corrected chi connectivity index (χ1v) is 8.92. The molecule has 1 rings (SSSR count). The minimum absolute atomic E-state index is 0.519. The molecule has 7 heteroatoms. The van der Waals surface area contributed by atoms with E-state index in [9.17, 15) is 4.79 Å². The molecule has 0 amide bonds. The van der Waals surface area contributed by atoms with Gasteiger partial charge in [-0.2, -0.15) is 0 Å². The molecule has 1 fully saturated rings. The molecule has 0 saturated carbocycles. The van der Waals surface area contributed by atoms with E-state index >= 15 is 0 Å². The Morgan fingerprint density at radius 2 is 2.00 bits per heavy atom. The number of carboxylic acid groups (broad SMARTS) is 1. The average Bonchev–Trinajstić information content (AvgIpc) is 2.34. The van der Waals surface area contributed by atoms with E-state index in [1.54, 1.807) is 0 Å². The van der Waals surface area contributed by atoms with Crippen LogP contribution in [-0.4, -0.2) is 23.8 Å². The Kier molecular flexibility index (Phi) is 7.84. The van der Waals surface area contributed by atoms with Gasteiger partial charge in [0.15, 0.2) is 6.10 Å². The van der Waals surface area contributed by atoms with E-state index in [-0.39, 0.29) is 0 Å². The first-order chi connectivity index (χ1) is 5.54. The molecule has 0 aromatic rings. The average molecular weight is 273 g/mol. The number of rotatable bonds is 1. The van der Waals surface area contributed by atoms with Gasteiger partial charge >= 0.3 is 47.8 Å². The van der Waals surface area contributed by atoms with Crippen LogP contribution in [0.25, 0.3) is 0 Å². The van der Waals surface area contributed by atoms with Crippen molar-refractivity contribution in [1.29, 1.82) is 0 Å². The van der Waals surface area contributed by atoms with E-state index in [4.69, 9.17) is 39.4 Å². The standard InChI is InChI=1S/C5H8O3.3ClH.V/c6-5(7)4-2-1-3-8-4;;;;/h4H,1-3H2,(H,6,7);3*1H;/q;;;;+3/p-3. The molecule has 72 valence electrons. The number of hydrogen-bond acceptors (Lipinski definition) is 2. The molecule has 3 nitrogen and oxygen atoms in total. The molecule has 1 N–H and O–H groups in total. The molecule has 0 spiro atoms. The van der Waals surface area contributed by atoms with Crippen molar-refractivity contribution in [3.63, 3.8) is 0 Å². The Balaban J connectivity index is 0.000000261. The predicted molar refractivity (Wildman–Crippen MR) is 44.2 cm³/mol. The second kappa shape index (κ2) is 7.30. The van der Waals surface area contributed by atoms with Crippen molar-refractivity contribution >= 4 is 35.5 Å². The zero-order valence-electron chi connectivity index (χ0n) is 6.04. The minimum atomic E-state index is -1.77. The van der Waals surface area contributed by atoms with Crippen molar-refractivity contribution in [2.45, 2.75) is 18.9 Å². The molecule has 1 unspecified atom stereocenters. The summed E-state index contributed by atoms with van der Waals surface area (Å²) in [5.74, 6) is -0.831. The molecule has 1 atom stereocenters. The molecule has 1 heterocycles. The summed E-state index contributed by atoms with van der Waals surface area (Å²) in [6.07, 6.45) is 1.04. The number of aliphatic carboxylic acids is 1. The van der Waals surface area contributed by atoms with Crippen LogP contribution in [0.15, 0.2) is 0 Å². The molecule has 1 aliphatic rings. The third-order valence-corrected chi connectivity index (χ3v) is 1.21. The van der Waals surface area contributed by atoms with Crippen LogP contribution in [0.2, 0.25) is 0 Å². The Morgan fingerprint density at radius 3 is 2.17 bits per heavy atom. The van der Waals surface area contributed by atoms with E-state index in [0.29, 0.717) is 13.0 Å². The second-order valence-electron chi connectivity index (χ2n) is 2.03. The summed E-state index contributed by atoms with van der Waals surface area (Å²) >= 11 is -1.77. The third kappa shape index (κ3) is 7.53. The van der Waals surface area contributed by atoms with Gasteiger partial charge in [0.1, 0.15) is 0 Å². The van der Waals surface area contributed by atoms with E-state index in [0.717, 1.165) is 6.42 Å². The molecular formula is C5H8Cl3O3V. The first-order valence-electron chi connectivity index (χ1n) is 3.16. The maximum absolute atomic E-state index is 10.1. The van der Waals surface area contributed by atoms with E-state index in [1.807, 2.05) is 0 Å². The number of halogens is 3. The van der Waals surface area contributed by atoms with Gasteiger partial charge in [-0.05, 0) is 12.8 Å². The number of carbonyl (C=O) groups is 1. The van der Waals surface area contributed by atoms with E-state index in [1.165, 1.54) is 0 Å². The van der Waals surface area contributed by atoms with Crippen molar-refractivity contribution in [1.82, 2.24) is 0 Å². The van der Waals surface area contributed by atoms with Crippen LogP contribution in [0, 0.1) is 0 Å². The van der Waals surface area contributed by atoms with Gasteiger partial charge in [-0.3, -0.25) is 0 Å². The van der Waals surface area contributed by atoms with E-state index < -0.39 is 24.4 Å². The van der Waals surface area contributed by atoms with Crippen molar-refractivity contribution < 1.29 is 26.9 Å². The normalized spacial score (nSPS) is 21.8. The van der Waals surface area contributed by atoms with Crippen molar-refractivity contribution in [2.75, 3.05) is 6.61 Å². The van der Waals surface area contributed by atoms with Crippen LogP contribution >= 0.6 is 29.5 Å². The Hall–Kier alpha value is 0.884. The molecule has 0 aromatic carbocycles. The molecule has 1 aliphatic heterocycles. The van der Waals surface area contributed by atoms with E-state index in [2.05, 4.69) is 0 Å². The molecule has 0 aromatic heterocycles. The fraction of sp³-hybridized carbons (Fsp3) is 0.800. The zero-order valence-corrected chi connectivity index (χ0v) is 9.71. The Bertz CT molecular complexity index is 135. The van der Waals surface area contributed by atoms with Gasteiger partial charge < -0.3 is 9.84 Å². The van der Waals surface area contributed by atoms with Crippen LogP contribution < -0.4 is 0 Å². The van der Waals surface area contributed by atoms with Crippen molar-refractivity contribution in [2.24, 2.45) is 0 Å². The number of hydrogen-bond donors (Lipinski definition) is 1. The molecule has 0 bridgehead atoms. The summed E-state index contributed by atoms with van der Waals surface area (Å²) in [7, 11) is 14.9. The van der Waals surface area contributed by atoms with Crippen LogP contribution in [-0.2, 0) is 21.8 Å². The van der Waals surface area contributed by atoms with Gasteiger partial charge in [-0.1, -0.05) is 0 Å². The molecule has 0 radical (unpaired) electrons. The van der Waals surface area contributed by atoms with Crippen molar-refractivity contribution in [3.8, 4) is 0 Å².